The maximum atomic E-state index is 12.5. The zero-order valence-corrected chi connectivity index (χ0v) is 16.9. The van der Waals surface area contributed by atoms with Crippen molar-refractivity contribution in [1.29, 1.82) is 5.26 Å². The molecule has 3 N–H and O–H groups in total. The highest BCUT2D eigenvalue weighted by Gasteiger charge is 2.43. The number of rotatable bonds is 6. The van der Waals surface area contributed by atoms with Crippen LogP contribution in [-0.2, 0) is 18.3 Å². The van der Waals surface area contributed by atoms with Crippen LogP contribution in [0.5, 0.6) is 0 Å². The molecule has 7 heteroatoms. The van der Waals surface area contributed by atoms with Crippen molar-refractivity contribution in [3.05, 3.63) is 58.6 Å². The molecule has 0 aliphatic heterocycles. The first-order valence-corrected chi connectivity index (χ1v) is 10.1. The minimum Gasteiger partial charge on any atom is -0.408 e. The molecule has 1 saturated carbocycles. The Bertz CT molecular complexity index is 1170. The van der Waals surface area contributed by atoms with Gasteiger partial charge in [-0.1, -0.05) is 36.8 Å². The fraction of sp³-hybridized carbons (Fsp3) is 0.348. The predicted octanol–water partition coefficient (Wildman–Crippen LogP) is 2.48. The minimum atomic E-state index is -0.593. The number of fused-ring (bicyclic) bond motifs is 1. The van der Waals surface area contributed by atoms with Crippen molar-refractivity contribution in [2.75, 3.05) is 6.54 Å². The van der Waals surface area contributed by atoms with Crippen molar-refractivity contribution in [2.24, 2.45) is 18.2 Å². The third-order valence-corrected chi connectivity index (χ3v) is 6.16. The topological polar surface area (TPSA) is 114 Å². The third-order valence-electron chi connectivity index (χ3n) is 6.16. The largest absolute Gasteiger partial charge is 0.419 e. The number of hydrogen-bond donors (Lipinski definition) is 2. The summed E-state index contributed by atoms with van der Waals surface area (Å²) < 4.78 is 6.65. The van der Waals surface area contributed by atoms with E-state index in [1.807, 2.05) is 36.4 Å². The molecule has 1 aliphatic rings. The van der Waals surface area contributed by atoms with Crippen molar-refractivity contribution in [3.8, 4) is 17.2 Å². The number of aryl methyl sites for hydroxylation is 1. The number of nitriles is 1. The fourth-order valence-electron chi connectivity index (χ4n) is 3.94. The van der Waals surface area contributed by atoms with Crippen LogP contribution in [0.2, 0.25) is 0 Å². The van der Waals surface area contributed by atoms with Crippen LogP contribution in [-0.4, -0.2) is 23.1 Å². The summed E-state index contributed by atoms with van der Waals surface area (Å²) in [4.78, 5) is 24.2. The number of nitrogens with zero attached hydrogens (tertiary/aromatic N) is 2. The van der Waals surface area contributed by atoms with Crippen LogP contribution in [0.25, 0.3) is 22.2 Å². The monoisotopic (exact) mass is 404 g/mol. The van der Waals surface area contributed by atoms with Crippen LogP contribution in [0.3, 0.4) is 0 Å². The van der Waals surface area contributed by atoms with E-state index in [4.69, 9.17) is 10.2 Å². The first-order chi connectivity index (χ1) is 14.5. The normalized spacial score (nSPS) is 15.9. The van der Waals surface area contributed by atoms with Gasteiger partial charge in [-0.2, -0.15) is 5.26 Å². The fourth-order valence-corrected chi connectivity index (χ4v) is 3.94. The van der Waals surface area contributed by atoms with Crippen LogP contribution in [0.15, 0.2) is 51.7 Å². The Morgan fingerprint density at radius 2 is 1.97 bits per heavy atom. The van der Waals surface area contributed by atoms with E-state index in [0.29, 0.717) is 18.5 Å². The van der Waals surface area contributed by atoms with Crippen molar-refractivity contribution in [2.45, 2.75) is 31.7 Å². The molecule has 2 aromatic carbocycles. The quantitative estimate of drug-likeness (QED) is 0.655. The maximum absolute atomic E-state index is 12.5. The Balaban J connectivity index is 1.48. The number of carbonyl (C=O) groups excluding carboxylic acids is 1. The van der Waals surface area contributed by atoms with Gasteiger partial charge in [0.25, 0.3) is 0 Å². The van der Waals surface area contributed by atoms with Crippen molar-refractivity contribution in [1.82, 2.24) is 9.88 Å². The smallest absolute Gasteiger partial charge is 0.408 e. The Morgan fingerprint density at radius 3 is 2.57 bits per heavy atom. The average Bonchev–Trinajstić information content (AvgIpc) is 3.01. The lowest BCUT2D eigenvalue weighted by molar-refractivity contribution is -0.135. The molecule has 4 rings (SSSR count). The molecule has 154 valence electrons. The van der Waals surface area contributed by atoms with Gasteiger partial charge >= 0.3 is 5.76 Å². The number of carbonyl (C=O) groups is 1. The van der Waals surface area contributed by atoms with Crippen molar-refractivity contribution in [3.63, 3.8) is 0 Å². The minimum absolute atomic E-state index is 0.113. The van der Waals surface area contributed by atoms with E-state index in [2.05, 4.69) is 11.4 Å². The second-order valence-corrected chi connectivity index (χ2v) is 8.00. The van der Waals surface area contributed by atoms with Crippen LogP contribution < -0.4 is 16.8 Å². The molecule has 0 radical (unpaired) electrons. The zero-order chi connectivity index (χ0) is 21.3. The standard InChI is InChI=1S/C23H24N4O3/c1-27-19-12-17(7-8-20(19)30-22(27)29)16-5-3-15(4-6-16)11-18(13-24)26-21(28)23(14-25)9-2-10-23/h3-8,12,18H,2,9-11,14,25H2,1H3,(H,26,28). The SMILES string of the molecule is Cn1c(=O)oc2ccc(-c3ccc(CC(C#N)NC(=O)C4(CN)CCC4)cc3)cc21. The number of nitrogens with two attached hydrogens (primary N) is 1. The van der Waals surface area contributed by atoms with Gasteiger partial charge < -0.3 is 15.5 Å². The number of aromatic nitrogens is 1. The summed E-state index contributed by atoms with van der Waals surface area (Å²) in [6.45, 7) is 0.318. The summed E-state index contributed by atoms with van der Waals surface area (Å²) in [6, 6.07) is 15.0. The summed E-state index contributed by atoms with van der Waals surface area (Å²) in [5, 5.41) is 12.4. The molecule has 1 aromatic heterocycles. The summed E-state index contributed by atoms with van der Waals surface area (Å²) in [5.74, 6) is -0.501. The Morgan fingerprint density at radius 1 is 1.27 bits per heavy atom. The second-order valence-electron chi connectivity index (χ2n) is 8.00. The lowest BCUT2D eigenvalue weighted by Gasteiger charge is -2.39. The molecule has 3 aromatic rings. The maximum Gasteiger partial charge on any atom is 0.419 e. The predicted molar refractivity (Wildman–Crippen MR) is 113 cm³/mol. The van der Waals surface area contributed by atoms with E-state index in [9.17, 15) is 14.9 Å². The second kappa shape index (κ2) is 7.81. The molecule has 7 nitrogen and oxygen atoms in total. The lowest BCUT2D eigenvalue weighted by Crippen LogP contribution is -2.53. The highest BCUT2D eigenvalue weighted by atomic mass is 16.4. The molecule has 1 atom stereocenters. The number of nitrogens with one attached hydrogen (secondary N) is 1. The zero-order valence-electron chi connectivity index (χ0n) is 16.9. The molecule has 0 saturated heterocycles. The molecule has 1 unspecified atom stereocenters. The first-order valence-electron chi connectivity index (χ1n) is 10.1. The number of oxazole rings is 1. The molecule has 0 bridgehead atoms. The van der Waals surface area contributed by atoms with E-state index < -0.39 is 11.5 Å². The molecule has 1 amide bonds. The number of hydrogen-bond acceptors (Lipinski definition) is 5. The summed E-state index contributed by atoms with van der Waals surface area (Å²) >= 11 is 0. The molecular formula is C23H24N4O3. The molecule has 1 aliphatic carbocycles. The lowest BCUT2D eigenvalue weighted by atomic mass is 9.68. The molecular weight excluding hydrogens is 380 g/mol. The highest BCUT2D eigenvalue weighted by Crippen LogP contribution is 2.40. The van der Waals surface area contributed by atoms with Gasteiger partial charge in [0.2, 0.25) is 5.91 Å². The van der Waals surface area contributed by atoms with Gasteiger partial charge in [-0.15, -0.1) is 0 Å². The van der Waals surface area contributed by atoms with Crippen LogP contribution in [0.4, 0.5) is 0 Å². The Labute approximate surface area is 174 Å². The van der Waals surface area contributed by atoms with Gasteiger partial charge in [0.05, 0.1) is 17.0 Å². The van der Waals surface area contributed by atoms with Gasteiger partial charge in [-0.25, -0.2) is 4.79 Å². The van der Waals surface area contributed by atoms with Gasteiger partial charge in [0, 0.05) is 20.0 Å². The summed E-state index contributed by atoms with van der Waals surface area (Å²) in [7, 11) is 1.68. The summed E-state index contributed by atoms with van der Waals surface area (Å²) in [5.41, 5.74) is 9.49. The molecule has 1 heterocycles. The summed E-state index contributed by atoms with van der Waals surface area (Å²) in [6.07, 6.45) is 3.00. The van der Waals surface area contributed by atoms with E-state index >= 15 is 0 Å². The molecule has 1 fully saturated rings. The van der Waals surface area contributed by atoms with Crippen molar-refractivity contribution >= 4 is 17.0 Å². The van der Waals surface area contributed by atoms with E-state index in [-0.39, 0.29) is 11.7 Å². The number of amides is 1. The van der Waals surface area contributed by atoms with E-state index in [0.717, 1.165) is 41.5 Å². The third kappa shape index (κ3) is 3.51. The van der Waals surface area contributed by atoms with Gasteiger partial charge in [0.1, 0.15) is 6.04 Å². The number of benzene rings is 2. The van der Waals surface area contributed by atoms with Crippen LogP contribution in [0, 0.1) is 16.7 Å². The van der Waals surface area contributed by atoms with Gasteiger partial charge in [-0.3, -0.25) is 9.36 Å². The average molecular weight is 404 g/mol. The molecule has 0 spiro atoms. The van der Waals surface area contributed by atoms with Gasteiger partial charge in [0.15, 0.2) is 5.58 Å². The van der Waals surface area contributed by atoms with Crippen LogP contribution >= 0.6 is 0 Å². The van der Waals surface area contributed by atoms with Crippen LogP contribution in [0.1, 0.15) is 24.8 Å². The van der Waals surface area contributed by atoms with E-state index in [1.165, 1.54) is 4.57 Å². The Hall–Kier alpha value is -3.37. The Kier molecular flexibility index (Phi) is 5.18. The van der Waals surface area contributed by atoms with Gasteiger partial charge in [-0.05, 0) is 41.7 Å². The highest BCUT2D eigenvalue weighted by molar-refractivity contribution is 5.84. The van der Waals surface area contributed by atoms with Crippen molar-refractivity contribution < 1.29 is 9.21 Å². The first kappa shape index (κ1) is 19.9. The molecule has 30 heavy (non-hydrogen) atoms. The van der Waals surface area contributed by atoms with E-state index in [1.54, 1.807) is 13.1 Å².